The van der Waals surface area contributed by atoms with Crippen molar-refractivity contribution in [2.75, 3.05) is 26.4 Å². The number of hydrogen-bond donors (Lipinski definition) is 1. The lowest BCUT2D eigenvalue weighted by atomic mass is 10.0. The number of rotatable bonds is 14. The van der Waals surface area contributed by atoms with Gasteiger partial charge in [-0.25, -0.2) is 4.79 Å². The van der Waals surface area contributed by atoms with E-state index < -0.39 is 11.7 Å². The Morgan fingerprint density at radius 1 is 0.929 bits per heavy atom. The van der Waals surface area contributed by atoms with Gasteiger partial charge in [0.05, 0.1) is 13.2 Å². The van der Waals surface area contributed by atoms with Crippen LogP contribution in [0.1, 0.15) is 71.8 Å². The molecule has 5 heteroatoms. The molecule has 0 saturated heterocycles. The molecule has 0 unspecified atom stereocenters. The van der Waals surface area contributed by atoms with Crippen molar-refractivity contribution in [2.24, 2.45) is 0 Å². The SMILES string of the molecule is CCCCCCCCc1ccc(OCCOCCNC(=O)OC(C)(C)C)cc1. The number of carbonyl (C=O) groups is 1. The lowest BCUT2D eigenvalue weighted by Crippen LogP contribution is -2.34. The summed E-state index contributed by atoms with van der Waals surface area (Å²) in [4.78, 5) is 11.5. The molecule has 160 valence electrons. The Hall–Kier alpha value is -1.75. The van der Waals surface area contributed by atoms with Crippen molar-refractivity contribution in [3.05, 3.63) is 29.8 Å². The van der Waals surface area contributed by atoms with Crippen LogP contribution in [0, 0.1) is 0 Å². The summed E-state index contributed by atoms with van der Waals surface area (Å²) in [5, 5.41) is 2.66. The molecule has 0 spiro atoms. The predicted molar refractivity (Wildman–Crippen MR) is 114 cm³/mol. The lowest BCUT2D eigenvalue weighted by Gasteiger charge is -2.19. The zero-order valence-electron chi connectivity index (χ0n) is 18.2. The second-order valence-corrected chi connectivity index (χ2v) is 8.05. The van der Waals surface area contributed by atoms with Gasteiger partial charge in [0, 0.05) is 6.54 Å². The minimum absolute atomic E-state index is 0.419. The molecule has 1 aromatic rings. The first-order valence-electron chi connectivity index (χ1n) is 10.7. The summed E-state index contributed by atoms with van der Waals surface area (Å²) < 4.78 is 16.3. The average molecular weight is 394 g/mol. The largest absolute Gasteiger partial charge is 0.491 e. The molecule has 0 aliphatic heterocycles. The first-order chi connectivity index (χ1) is 13.4. The molecule has 0 aromatic heterocycles. The zero-order chi connectivity index (χ0) is 20.7. The van der Waals surface area contributed by atoms with Crippen molar-refractivity contribution >= 4 is 6.09 Å². The topological polar surface area (TPSA) is 56.8 Å². The number of aryl methyl sites for hydroxylation is 1. The normalized spacial score (nSPS) is 11.3. The number of carbonyl (C=O) groups excluding carboxylic acids is 1. The molecule has 28 heavy (non-hydrogen) atoms. The molecule has 0 heterocycles. The summed E-state index contributed by atoms with van der Waals surface area (Å²) >= 11 is 0. The number of alkyl carbamates (subject to hydrolysis) is 1. The molecular weight excluding hydrogens is 354 g/mol. The van der Waals surface area contributed by atoms with Crippen LogP contribution in [-0.4, -0.2) is 38.1 Å². The van der Waals surface area contributed by atoms with Crippen molar-refractivity contribution in [1.29, 1.82) is 0 Å². The minimum Gasteiger partial charge on any atom is -0.491 e. The van der Waals surface area contributed by atoms with Crippen LogP contribution in [-0.2, 0) is 15.9 Å². The van der Waals surface area contributed by atoms with Crippen LogP contribution in [0.4, 0.5) is 4.79 Å². The van der Waals surface area contributed by atoms with E-state index in [0.717, 1.165) is 12.2 Å². The van der Waals surface area contributed by atoms with E-state index in [0.29, 0.717) is 26.4 Å². The van der Waals surface area contributed by atoms with E-state index in [1.807, 2.05) is 32.9 Å². The van der Waals surface area contributed by atoms with Gasteiger partial charge in [-0.05, 0) is 51.3 Å². The second kappa shape index (κ2) is 14.3. The molecule has 0 fully saturated rings. The van der Waals surface area contributed by atoms with Crippen molar-refractivity contribution in [1.82, 2.24) is 5.32 Å². The van der Waals surface area contributed by atoms with Gasteiger partial charge in [-0.2, -0.15) is 0 Å². The Bertz CT molecular complexity index is 522. The zero-order valence-corrected chi connectivity index (χ0v) is 18.2. The van der Waals surface area contributed by atoms with E-state index in [2.05, 4.69) is 24.4 Å². The van der Waals surface area contributed by atoms with Gasteiger partial charge >= 0.3 is 6.09 Å². The molecule has 0 aliphatic rings. The molecule has 1 rings (SSSR count). The summed E-state index contributed by atoms with van der Waals surface area (Å²) in [6.45, 7) is 9.57. The van der Waals surface area contributed by atoms with Gasteiger partial charge in [0.25, 0.3) is 0 Å². The number of unbranched alkanes of at least 4 members (excludes halogenated alkanes) is 5. The molecule has 5 nitrogen and oxygen atoms in total. The standard InChI is InChI=1S/C23H39NO4/c1-5-6-7-8-9-10-11-20-12-14-21(15-13-20)27-19-18-26-17-16-24-22(25)28-23(2,3)4/h12-15H,5-11,16-19H2,1-4H3,(H,24,25). The molecule has 0 radical (unpaired) electrons. The summed E-state index contributed by atoms with van der Waals surface area (Å²) in [7, 11) is 0. The molecule has 1 amide bonds. The third-order valence-electron chi connectivity index (χ3n) is 4.15. The third-order valence-corrected chi connectivity index (χ3v) is 4.15. The molecule has 0 saturated carbocycles. The summed E-state index contributed by atoms with van der Waals surface area (Å²) in [6.07, 6.45) is 8.66. The molecule has 0 bridgehead atoms. The van der Waals surface area contributed by atoms with Crippen LogP contribution in [0.5, 0.6) is 5.75 Å². The van der Waals surface area contributed by atoms with Gasteiger partial charge in [0.1, 0.15) is 18.0 Å². The van der Waals surface area contributed by atoms with Gasteiger partial charge in [-0.1, -0.05) is 51.2 Å². The maximum absolute atomic E-state index is 11.5. The fourth-order valence-corrected chi connectivity index (χ4v) is 2.72. The Kier molecular flexibility index (Phi) is 12.4. The van der Waals surface area contributed by atoms with Gasteiger partial charge in [-0.15, -0.1) is 0 Å². The Morgan fingerprint density at radius 3 is 2.29 bits per heavy atom. The van der Waals surface area contributed by atoms with Crippen molar-refractivity contribution in [3.8, 4) is 5.75 Å². The summed E-state index contributed by atoms with van der Waals surface area (Å²) in [6, 6.07) is 8.34. The number of nitrogens with one attached hydrogen (secondary N) is 1. The maximum atomic E-state index is 11.5. The monoisotopic (exact) mass is 393 g/mol. The van der Waals surface area contributed by atoms with E-state index in [4.69, 9.17) is 14.2 Å². The highest BCUT2D eigenvalue weighted by Gasteiger charge is 2.15. The number of amides is 1. The predicted octanol–water partition coefficient (Wildman–Crippen LogP) is 5.51. The molecule has 1 N–H and O–H groups in total. The second-order valence-electron chi connectivity index (χ2n) is 8.05. The first kappa shape index (κ1) is 24.3. The van der Waals surface area contributed by atoms with Crippen LogP contribution >= 0.6 is 0 Å². The highest BCUT2D eigenvalue weighted by Crippen LogP contribution is 2.15. The average Bonchev–Trinajstić information content (AvgIpc) is 2.63. The Labute approximate surface area is 171 Å². The lowest BCUT2D eigenvalue weighted by molar-refractivity contribution is 0.0489. The fourth-order valence-electron chi connectivity index (χ4n) is 2.72. The van der Waals surface area contributed by atoms with Gasteiger partial charge in [-0.3, -0.25) is 0 Å². The van der Waals surface area contributed by atoms with Crippen LogP contribution in [0.25, 0.3) is 0 Å². The molecule has 1 aromatic carbocycles. The molecule has 0 atom stereocenters. The number of ether oxygens (including phenoxy) is 3. The maximum Gasteiger partial charge on any atom is 0.407 e. The van der Waals surface area contributed by atoms with E-state index in [-0.39, 0.29) is 0 Å². The van der Waals surface area contributed by atoms with Gasteiger partial charge in [0.2, 0.25) is 0 Å². The Morgan fingerprint density at radius 2 is 1.61 bits per heavy atom. The summed E-state index contributed by atoms with van der Waals surface area (Å²) in [5.41, 5.74) is 0.885. The molecular formula is C23H39NO4. The smallest absolute Gasteiger partial charge is 0.407 e. The first-order valence-corrected chi connectivity index (χ1v) is 10.7. The highest BCUT2D eigenvalue weighted by atomic mass is 16.6. The third kappa shape index (κ3) is 13.4. The van der Waals surface area contributed by atoms with Crippen LogP contribution < -0.4 is 10.1 Å². The number of benzene rings is 1. The van der Waals surface area contributed by atoms with Crippen LogP contribution in [0.2, 0.25) is 0 Å². The van der Waals surface area contributed by atoms with E-state index >= 15 is 0 Å². The summed E-state index contributed by atoms with van der Waals surface area (Å²) in [5.74, 6) is 0.863. The molecule has 0 aliphatic carbocycles. The van der Waals surface area contributed by atoms with E-state index in [9.17, 15) is 4.79 Å². The van der Waals surface area contributed by atoms with Gasteiger partial charge in [0.15, 0.2) is 0 Å². The minimum atomic E-state index is -0.483. The van der Waals surface area contributed by atoms with Crippen molar-refractivity contribution < 1.29 is 19.0 Å². The fraction of sp³-hybridized carbons (Fsp3) is 0.696. The van der Waals surface area contributed by atoms with Crippen molar-refractivity contribution in [3.63, 3.8) is 0 Å². The Balaban J connectivity index is 2.03. The quantitative estimate of drug-likeness (QED) is 0.423. The van der Waals surface area contributed by atoms with Crippen LogP contribution in [0.15, 0.2) is 24.3 Å². The van der Waals surface area contributed by atoms with Gasteiger partial charge < -0.3 is 19.5 Å². The van der Waals surface area contributed by atoms with Crippen molar-refractivity contribution in [2.45, 2.75) is 78.2 Å². The van der Waals surface area contributed by atoms with E-state index in [1.165, 1.54) is 44.1 Å². The van der Waals surface area contributed by atoms with Crippen LogP contribution in [0.3, 0.4) is 0 Å². The number of hydrogen-bond acceptors (Lipinski definition) is 4. The highest BCUT2D eigenvalue weighted by molar-refractivity contribution is 5.67. The van der Waals surface area contributed by atoms with E-state index in [1.54, 1.807) is 0 Å².